The molecule has 132 valence electrons. The normalized spacial score (nSPS) is 13.0. The van der Waals surface area contributed by atoms with Gasteiger partial charge in [-0.05, 0) is 17.5 Å². The lowest BCUT2D eigenvalue weighted by Gasteiger charge is -2.37. The fraction of sp³-hybridized carbons (Fsp3) is 0.190. The van der Waals surface area contributed by atoms with Gasteiger partial charge in [-0.25, -0.2) is 0 Å². The molecule has 0 fully saturated rings. The summed E-state index contributed by atoms with van der Waals surface area (Å²) in [4.78, 5) is 15.8. The minimum absolute atomic E-state index is 0.354. The predicted octanol–water partition coefficient (Wildman–Crippen LogP) is 4.32. The number of methoxy groups -OCH3 is 1. The zero-order valence-corrected chi connectivity index (χ0v) is 15.0. The molecule has 1 aliphatic heterocycles. The number of carbonyl (C=O) groups is 1. The van der Waals surface area contributed by atoms with Crippen LogP contribution in [0.4, 0.5) is 17.1 Å². The van der Waals surface area contributed by atoms with Gasteiger partial charge >= 0.3 is 5.97 Å². The van der Waals surface area contributed by atoms with Gasteiger partial charge in [-0.1, -0.05) is 24.3 Å². The van der Waals surface area contributed by atoms with E-state index in [1.165, 1.54) is 23.4 Å². The molecule has 1 aliphatic rings. The van der Waals surface area contributed by atoms with E-state index in [4.69, 9.17) is 9.47 Å². The Hall–Kier alpha value is -3.21. The zero-order valence-electron chi connectivity index (χ0n) is 15.0. The van der Waals surface area contributed by atoms with Gasteiger partial charge in [0, 0.05) is 43.2 Å². The van der Waals surface area contributed by atoms with Crippen LogP contribution in [-0.2, 0) is 4.79 Å². The first-order chi connectivity index (χ1) is 12.6. The van der Waals surface area contributed by atoms with Crippen molar-refractivity contribution in [3.05, 3.63) is 54.6 Å². The summed E-state index contributed by atoms with van der Waals surface area (Å²) in [6, 6.07) is 18.2. The summed E-state index contributed by atoms with van der Waals surface area (Å²) in [5, 5.41) is 2.40. The number of rotatable bonds is 3. The van der Waals surface area contributed by atoms with Crippen LogP contribution in [0.5, 0.6) is 11.5 Å². The summed E-state index contributed by atoms with van der Waals surface area (Å²) in [7, 11) is 3.68. The smallest absolute Gasteiger partial charge is 0.308 e. The number of hydrogen-bond donors (Lipinski definition) is 0. The molecule has 3 aromatic rings. The minimum Gasteiger partial charge on any atom is -0.497 e. The van der Waals surface area contributed by atoms with Crippen molar-refractivity contribution in [2.45, 2.75) is 6.92 Å². The Morgan fingerprint density at radius 2 is 1.69 bits per heavy atom. The monoisotopic (exact) mass is 348 g/mol. The van der Waals surface area contributed by atoms with Gasteiger partial charge in [-0.2, -0.15) is 0 Å². The van der Waals surface area contributed by atoms with Gasteiger partial charge in [0.05, 0.1) is 25.2 Å². The van der Waals surface area contributed by atoms with Crippen molar-refractivity contribution in [3.8, 4) is 11.5 Å². The summed E-state index contributed by atoms with van der Waals surface area (Å²) < 4.78 is 10.7. The number of ether oxygens (including phenoxy) is 2. The average Bonchev–Trinajstić information content (AvgIpc) is 2.63. The number of esters is 1. The molecule has 0 amide bonds. The molecular weight excluding hydrogens is 328 g/mol. The highest BCUT2D eigenvalue weighted by molar-refractivity contribution is 6.06. The predicted molar refractivity (Wildman–Crippen MR) is 104 cm³/mol. The van der Waals surface area contributed by atoms with Crippen molar-refractivity contribution >= 4 is 33.8 Å². The molecule has 0 spiro atoms. The Morgan fingerprint density at radius 3 is 2.38 bits per heavy atom. The van der Waals surface area contributed by atoms with Crippen LogP contribution in [0, 0.1) is 0 Å². The van der Waals surface area contributed by atoms with Gasteiger partial charge in [-0.15, -0.1) is 0 Å². The van der Waals surface area contributed by atoms with Crippen LogP contribution in [0.2, 0.25) is 0 Å². The first-order valence-corrected chi connectivity index (χ1v) is 8.45. The maximum atomic E-state index is 11.4. The van der Waals surface area contributed by atoms with Gasteiger partial charge in [-0.3, -0.25) is 4.79 Å². The second kappa shape index (κ2) is 6.26. The first kappa shape index (κ1) is 16.3. The molecule has 0 saturated carbocycles. The van der Waals surface area contributed by atoms with E-state index < -0.39 is 0 Å². The topological polar surface area (TPSA) is 42.0 Å². The lowest BCUT2D eigenvalue weighted by Crippen LogP contribution is -2.35. The molecule has 1 heterocycles. The van der Waals surface area contributed by atoms with E-state index in [9.17, 15) is 4.79 Å². The number of carbonyl (C=O) groups excluding carboxylic acids is 1. The second-order valence-electron chi connectivity index (χ2n) is 6.38. The quantitative estimate of drug-likeness (QED) is 0.521. The third-order valence-electron chi connectivity index (χ3n) is 4.59. The Morgan fingerprint density at radius 1 is 1.00 bits per heavy atom. The van der Waals surface area contributed by atoms with E-state index in [0.29, 0.717) is 18.2 Å². The van der Waals surface area contributed by atoms with Crippen LogP contribution in [0.3, 0.4) is 0 Å². The number of anilines is 3. The number of benzene rings is 3. The van der Waals surface area contributed by atoms with Crippen molar-refractivity contribution in [1.82, 2.24) is 0 Å². The van der Waals surface area contributed by atoms with Crippen LogP contribution in [0.1, 0.15) is 6.92 Å². The summed E-state index contributed by atoms with van der Waals surface area (Å²) in [5.74, 6) is 0.764. The van der Waals surface area contributed by atoms with Crippen molar-refractivity contribution < 1.29 is 14.3 Å². The van der Waals surface area contributed by atoms with Crippen LogP contribution < -0.4 is 19.3 Å². The molecule has 5 heteroatoms. The molecule has 0 atom stereocenters. The zero-order chi connectivity index (χ0) is 18.3. The van der Waals surface area contributed by atoms with Crippen LogP contribution in [0.25, 0.3) is 10.8 Å². The molecule has 5 nitrogen and oxygen atoms in total. The lowest BCUT2D eigenvalue weighted by molar-refractivity contribution is -0.131. The Kier molecular flexibility index (Phi) is 3.92. The van der Waals surface area contributed by atoms with Crippen molar-refractivity contribution in [1.29, 1.82) is 0 Å². The SMILES string of the molecule is COc1cc(OC(C)=O)cc(N2CN(C)c3cccc4cccc2c34)c1. The molecule has 0 aliphatic carbocycles. The molecule has 26 heavy (non-hydrogen) atoms. The summed E-state index contributed by atoms with van der Waals surface area (Å²) in [6.45, 7) is 2.08. The molecule has 0 N–H and O–H groups in total. The summed E-state index contributed by atoms with van der Waals surface area (Å²) >= 11 is 0. The van der Waals surface area contributed by atoms with E-state index in [2.05, 4.69) is 53.2 Å². The Labute approximate surface area is 152 Å². The Bertz CT molecular complexity index is 994. The molecule has 4 rings (SSSR count). The fourth-order valence-corrected chi connectivity index (χ4v) is 3.49. The lowest BCUT2D eigenvalue weighted by atomic mass is 10.0. The number of hydrogen-bond acceptors (Lipinski definition) is 5. The molecule has 3 aromatic carbocycles. The van der Waals surface area contributed by atoms with Gasteiger partial charge < -0.3 is 19.3 Å². The average molecular weight is 348 g/mol. The maximum Gasteiger partial charge on any atom is 0.308 e. The molecule has 0 unspecified atom stereocenters. The standard InChI is InChI=1S/C21H20N2O3/c1-14(24)26-18-11-16(10-17(12-18)25-3)23-13-22(2)19-8-4-6-15-7-5-9-20(23)21(15)19/h4-12H,13H2,1-3H3. The van der Waals surface area contributed by atoms with Crippen molar-refractivity contribution in [2.24, 2.45) is 0 Å². The van der Waals surface area contributed by atoms with Crippen molar-refractivity contribution in [3.63, 3.8) is 0 Å². The van der Waals surface area contributed by atoms with Crippen LogP contribution >= 0.6 is 0 Å². The maximum absolute atomic E-state index is 11.4. The summed E-state index contributed by atoms with van der Waals surface area (Å²) in [5.41, 5.74) is 3.24. The largest absolute Gasteiger partial charge is 0.497 e. The molecule has 0 saturated heterocycles. The van der Waals surface area contributed by atoms with E-state index in [-0.39, 0.29) is 5.97 Å². The second-order valence-corrected chi connectivity index (χ2v) is 6.38. The highest BCUT2D eigenvalue weighted by Gasteiger charge is 2.24. The number of nitrogens with zero attached hydrogens (tertiary/aromatic N) is 2. The summed E-state index contributed by atoms with van der Waals surface area (Å²) in [6.07, 6.45) is 0. The van der Waals surface area contributed by atoms with Crippen molar-refractivity contribution in [2.75, 3.05) is 30.6 Å². The van der Waals surface area contributed by atoms with Gasteiger partial charge in [0.25, 0.3) is 0 Å². The van der Waals surface area contributed by atoms with E-state index in [1.807, 2.05) is 12.1 Å². The van der Waals surface area contributed by atoms with Gasteiger partial charge in [0.15, 0.2) is 0 Å². The van der Waals surface area contributed by atoms with Crippen LogP contribution in [-0.4, -0.2) is 26.8 Å². The molecular formula is C21H20N2O3. The fourth-order valence-electron chi connectivity index (χ4n) is 3.49. The van der Waals surface area contributed by atoms with E-state index >= 15 is 0 Å². The first-order valence-electron chi connectivity index (χ1n) is 8.45. The highest BCUT2D eigenvalue weighted by atomic mass is 16.5. The van der Waals surface area contributed by atoms with Crippen LogP contribution in [0.15, 0.2) is 54.6 Å². The third kappa shape index (κ3) is 2.71. The van der Waals surface area contributed by atoms with E-state index in [0.717, 1.165) is 11.4 Å². The van der Waals surface area contributed by atoms with Gasteiger partial charge in [0.1, 0.15) is 11.5 Å². The molecule has 0 aromatic heterocycles. The van der Waals surface area contributed by atoms with E-state index in [1.54, 1.807) is 13.2 Å². The molecule has 0 bridgehead atoms. The minimum atomic E-state index is -0.354. The Balaban J connectivity index is 1.89. The van der Waals surface area contributed by atoms with Gasteiger partial charge in [0.2, 0.25) is 0 Å². The third-order valence-corrected chi connectivity index (χ3v) is 4.59. The highest BCUT2D eigenvalue weighted by Crippen LogP contribution is 2.43. The molecule has 0 radical (unpaired) electrons.